The lowest BCUT2D eigenvalue weighted by molar-refractivity contribution is -0.175. The van der Waals surface area contributed by atoms with Gasteiger partial charge < -0.3 is 23.8 Å². The van der Waals surface area contributed by atoms with Crippen molar-refractivity contribution in [3.8, 4) is 11.5 Å². The molecule has 3 aliphatic heterocycles. The van der Waals surface area contributed by atoms with Gasteiger partial charge in [-0.05, 0) is 36.5 Å². The van der Waals surface area contributed by atoms with Crippen LogP contribution >= 0.6 is 0 Å². The normalized spacial score (nSPS) is 31.9. The number of rotatable bonds is 2. The Morgan fingerprint density at radius 2 is 1.82 bits per heavy atom. The van der Waals surface area contributed by atoms with E-state index in [1.54, 1.807) is 6.07 Å². The molecule has 3 heterocycles. The fourth-order valence-electron chi connectivity index (χ4n) is 5.32. The van der Waals surface area contributed by atoms with E-state index in [9.17, 15) is 14.4 Å². The molecule has 2 fully saturated rings. The van der Waals surface area contributed by atoms with Gasteiger partial charge in [-0.1, -0.05) is 0 Å². The summed E-state index contributed by atoms with van der Waals surface area (Å²) < 4.78 is 22.2. The Morgan fingerprint density at radius 1 is 1.11 bits per heavy atom. The lowest BCUT2D eigenvalue weighted by Gasteiger charge is -2.48. The minimum absolute atomic E-state index is 0.0374. The van der Waals surface area contributed by atoms with Gasteiger partial charge in [0.15, 0.2) is 11.5 Å². The molecular formula is C20H21NO7. The maximum Gasteiger partial charge on any atom is 0.303 e. The summed E-state index contributed by atoms with van der Waals surface area (Å²) in [6.45, 7) is 3.45. The smallest absolute Gasteiger partial charge is 0.303 e. The summed E-state index contributed by atoms with van der Waals surface area (Å²) in [5, 5.41) is 0. The summed E-state index contributed by atoms with van der Waals surface area (Å²) in [6, 6.07) is 3.44. The van der Waals surface area contributed by atoms with E-state index in [1.165, 1.54) is 13.8 Å². The number of benzene rings is 1. The lowest BCUT2D eigenvalue weighted by Crippen LogP contribution is -2.57. The second kappa shape index (κ2) is 6.12. The predicted octanol–water partition coefficient (Wildman–Crippen LogP) is 1.61. The topological polar surface area (TPSA) is 91.4 Å². The molecule has 0 radical (unpaired) electrons. The highest BCUT2D eigenvalue weighted by Gasteiger charge is 2.57. The van der Waals surface area contributed by atoms with E-state index in [4.69, 9.17) is 18.9 Å². The summed E-state index contributed by atoms with van der Waals surface area (Å²) in [5.41, 5.74) is 1.30. The molecule has 1 saturated heterocycles. The molecule has 0 bridgehead atoms. The van der Waals surface area contributed by atoms with E-state index < -0.39 is 24.1 Å². The predicted molar refractivity (Wildman–Crippen MR) is 94.0 cm³/mol. The minimum atomic E-state index is -0.657. The molecule has 5 atom stereocenters. The molecule has 5 unspecified atom stereocenters. The maximum absolute atomic E-state index is 13.2. The summed E-state index contributed by atoms with van der Waals surface area (Å²) in [4.78, 5) is 38.6. The molecule has 8 nitrogen and oxygen atoms in total. The van der Waals surface area contributed by atoms with E-state index in [2.05, 4.69) is 0 Å². The third kappa shape index (κ3) is 2.47. The zero-order chi connectivity index (χ0) is 19.6. The first-order valence-electron chi connectivity index (χ1n) is 9.53. The van der Waals surface area contributed by atoms with E-state index in [0.29, 0.717) is 30.0 Å². The van der Waals surface area contributed by atoms with Crippen LogP contribution < -0.4 is 9.47 Å². The number of nitrogens with zero attached hydrogens (tertiary/aromatic N) is 1. The van der Waals surface area contributed by atoms with Crippen molar-refractivity contribution in [1.82, 2.24) is 4.90 Å². The maximum atomic E-state index is 13.2. The summed E-state index contributed by atoms with van der Waals surface area (Å²) in [7, 11) is 0. The number of ether oxygens (including phenoxy) is 4. The number of fused-ring (bicyclic) bond motifs is 3. The van der Waals surface area contributed by atoms with Crippen LogP contribution in [0, 0.1) is 5.92 Å². The van der Waals surface area contributed by atoms with Crippen LogP contribution in [-0.4, -0.2) is 54.3 Å². The molecule has 28 heavy (non-hydrogen) atoms. The quantitative estimate of drug-likeness (QED) is 0.712. The monoisotopic (exact) mass is 387 g/mol. The van der Waals surface area contributed by atoms with E-state index in [-0.39, 0.29) is 30.6 Å². The van der Waals surface area contributed by atoms with Crippen molar-refractivity contribution in [2.45, 2.75) is 50.9 Å². The molecule has 4 aliphatic rings. The minimum Gasteiger partial charge on any atom is -0.459 e. The number of amides is 1. The van der Waals surface area contributed by atoms with Gasteiger partial charge in [-0.25, -0.2) is 0 Å². The van der Waals surface area contributed by atoms with Crippen LogP contribution in [0.3, 0.4) is 0 Å². The highest BCUT2D eigenvalue weighted by molar-refractivity contribution is 5.98. The van der Waals surface area contributed by atoms with Gasteiger partial charge in [0.1, 0.15) is 12.2 Å². The van der Waals surface area contributed by atoms with Gasteiger partial charge in [-0.15, -0.1) is 0 Å². The Kier molecular flexibility index (Phi) is 3.79. The van der Waals surface area contributed by atoms with Gasteiger partial charge in [0.25, 0.3) is 5.91 Å². The van der Waals surface area contributed by atoms with Crippen molar-refractivity contribution in [3.63, 3.8) is 0 Å². The van der Waals surface area contributed by atoms with Crippen molar-refractivity contribution >= 4 is 17.8 Å². The standard InChI is InChI=1S/C20H21NO7/c1-9(22)27-16-5-11-3-4-21-18(11)17(19(16)28-10(2)23)12-6-14-15(26-8-25-14)7-13(12)20(21)24/h6-7,11,16-19H,3-5,8H2,1-2H3. The first-order chi connectivity index (χ1) is 13.4. The average molecular weight is 387 g/mol. The largest absolute Gasteiger partial charge is 0.459 e. The fraction of sp³-hybridized carbons (Fsp3) is 0.550. The fourth-order valence-corrected chi connectivity index (χ4v) is 5.32. The van der Waals surface area contributed by atoms with Gasteiger partial charge in [0.2, 0.25) is 6.79 Å². The molecule has 0 spiro atoms. The van der Waals surface area contributed by atoms with Crippen molar-refractivity contribution < 1.29 is 33.3 Å². The second-order valence-electron chi connectivity index (χ2n) is 7.81. The summed E-state index contributed by atoms with van der Waals surface area (Å²) >= 11 is 0. The van der Waals surface area contributed by atoms with Crippen LogP contribution in [0.2, 0.25) is 0 Å². The highest BCUT2D eigenvalue weighted by Crippen LogP contribution is 2.52. The average Bonchev–Trinajstić information content (AvgIpc) is 3.25. The molecular weight excluding hydrogens is 366 g/mol. The van der Waals surface area contributed by atoms with Crippen molar-refractivity contribution in [2.75, 3.05) is 13.3 Å². The van der Waals surface area contributed by atoms with Crippen LogP contribution in [0.1, 0.15) is 48.5 Å². The van der Waals surface area contributed by atoms with E-state index in [0.717, 1.165) is 12.0 Å². The Balaban J connectivity index is 1.66. The summed E-state index contributed by atoms with van der Waals surface area (Å²) in [5.74, 6) is 0.131. The molecule has 8 heteroatoms. The highest BCUT2D eigenvalue weighted by atomic mass is 16.7. The SMILES string of the molecule is CC(=O)OC1CC2CCN3C(=O)c4cc5c(cc4C(C1OC(C)=O)C23)OCO5. The first-order valence-corrected chi connectivity index (χ1v) is 9.53. The Morgan fingerprint density at radius 3 is 2.54 bits per heavy atom. The van der Waals surface area contributed by atoms with Crippen LogP contribution in [-0.2, 0) is 19.1 Å². The Hall–Kier alpha value is -2.77. The number of hydrogen-bond donors (Lipinski definition) is 0. The van der Waals surface area contributed by atoms with Crippen molar-refractivity contribution in [2.24, 2.45) is 5.92 Å². The third-order valence-electron chi connectivity index (χ3n) is 6.22. The number of carbonyl (C=O) groups excluding carboxylic acids is 3. The van der Waals surface area contributed by atoms with Crippen LogP contribution in [0.25, 0.3) is 0 Å². The number of hydrogen-bond acceptors (Lipinski definition) is 7. The Bertz CT molecular complexity index is 882. The molecule has 148 valence electrons. The number of esters is 2. The lowest BCUT2D eigenvalue weighted by atomic mass is 9.68. The van der Waals surface area contributed by atoms with Gasteiger partial charge in [0, 0.05) is 37.9 Å². The molecule has 1 aromatic carbocycles. The zero-order valence-corrected chi connectivity index (χ0v) is 15.7. The zero-order valence-electron chi connectivity index (χ0n) is 15.7. The van der Waals surface area contributed by atoms with E-state index >= 15 is 0 Å². The van der Waals surface area contributed by atoms with Gasteiger partial charge in [0.05, 0.1) is 0 Å². The van der Waals surface area contributed by atoms with E-state index in [1.807, 2.05) is 11.0 Å². The van der Waals surface area contributed by atoms with Crippen LogP contribution in [0.5, 0.6) is 11.5 Å². The first kappa shape index (κ1) is 17.3. The molecule has 0 aromatic heterocycles. The summed E-state index contributed by atoms with van der Waals surface area (Å²) in [6.07, 6.45) is 0.204. The molecule has 5 rings (SSSR count). The van der Waals surface area contributed by atoms with Crippen LogP contribution in [0.15, 0.2) is 12.1 Å². The van der Waals surface area contributed by atoms with Crippen LogP contribution in [0.4, 0.5) is 0 Å². The Labute approximate surface area is 161 Å². The molecule has 1 aromatic rings. The van der Waals surface area contributed by atoms with Gasteiger partial charge in [-0.2, -0.15) is 0 Å². The molecule has 1 amide bonds. The molecule has 0 N–H and O–H groups in total. The van der Waals surface area contributed by atoms with Crippen molar-refractivity contribution in [3.05, 3.63) is 23.3 Å². The second-order valence-corrected chi connectivity index (χ2v) is 7.81. The molecule has 1 aliphatic carbocycles. The van der Waals surface area contributed by atoms with Gasteiger partial charge in [-0.3, -0.25) is 14.4 Å². The number of carbonyl (C=O) groups is 3. The molecule has 1 saturated carbocycles. The third-order valence-corrected chi connectivity index (χ3v) is 6.22. The van der Waals surface area contributed by atoms with Crippen molar-refractivity contribution in [1.29, 1.82) is 0 Å². The van der Waals surface area contributed by atoms with Gasteiger partial charge >= 0.3 is 11.9 Å².